The Kier molecular flexibility index (Phi) is 8.98. The molecule has 0 spiro atoms. The largest absolute Gasteiger partial charge is 0.392 e. The van der Waals surface area contributed by atoms with E-state index in [2.05, 4.69) is 33.0 Å². The van der Waals surface area contributed by atoms with Gasteiger partial charge in [-0.2, -0.15) is 0 Å². The summed E-state index contributed by atoms with van der Waals surface area (Å²) in [5, 5.41) is 3.15. The molecule has 0 bridgehead atoms. The van der Waals surface area contributed by atoms with Crippen molar-refractivity contribution in [2.24, 2.45) is 11.1 Å². The van der Waals surface area contributed by atoms with Gasteiger partial charge in [-0.15, -0.1) is 0 Å². The lowest BCUT2D eigenvalue weighted by atomic mass is 9.78. The first-order valence-electron chi connectivity index (χ1n) is 7.59. The highest BCUT2D eigenvalue weighted by molar-refractivity contribution is 7.80. The molecular formula is C15H30N2OS. The van der Waals surface area contributed by atoms with Crippen molar-refractivity contribution in [3.05, 3.63) is 0 Å². The van der Waals surface area contributed by atoms with Crippen molar-refractivity contribution in [2.75, 3.05) is 0 Å². The molecule has 0 aromatic rings. The van der Waals surface area contributed by atoms with Gasteiger partial charge in [0.05, 0.1) is 10.4 Å². The first-order valence-corrected chi connectivity index (χ1v) is 8.00. The van der Waals surface area contributed by atoms with Gasteiger partial charge in [0.1, 0.15) is 0 Å². The van der Waals surface area contributed by atoms with Crippen LogP contribution >= 0.6 is 12.2 Å². The Morgan fingerprint density at radius 2 is 1.68 bits per heavy atom. The van der Waals surface area contributed by atoms with E-state index in [1.54, 1.807) is 0 Å². The van der Waals surface area contributed by atoms with Gasteiger partial charge in [-0.1, -0.05) is 59.2 Å². The molecule has 3 nitrogen and oxygen atoms in total. The van der Waals surface area contributed by atoms with Crippen LogP contribution in [0.4, 0.5) is 0 Å². The summed E-state index contributed by atoms with van der Waals surface area (Å²) in [6.45, 7) is 8.37. The van der Waals surface area contributed by atoms with Gasteiger partial charge in [0, 0.05) is 6.04 Å². The van der Waals surface area contributed by atoms with Crippen LogP contribution in [-0.4, -0.2) is 16.9 Å². The molecule has 3 N–H and O–H groups in total. The first-order chi connectivity index (χ1) is 8.98. The minimum Gasteiger partial charge on any atom is -0.392 e. The number of nitrogens with one attached hydrogen (secondary N) is 1. The second kappa shape index (κ2) is 9.29. The number of rotatable bonds is 10. The molecule has 1 amide bonds. The zero-order chi connectivity index (χ0) is 14.9. The van der Waals surface area contributed by atoms with E-state index in [0.29, 0.717) is 4.99 Å². The van der Waals surface area contributed by atoms with Crippen LogP contribution in [0.5, 0.6) is 0 Å². The zero-order valence-corrected chi connectivity index (χ0v) is 13.7. The van der Waals surface area contributed by atoms with Gasteiger partial charge in [-0.05, 0) is 25.7 Å². The van der Waals surface area contributed by atoms with Crippen molar-refractivity contribution in [1.82, 2.24) is 5.32 Å². The van der Waals surface area contributed by atoms with E-state index in [9.17, 15) is 4.79 Å². The van der Waals surface area contributed by atoms with E-state index in [1.807, 2.05) is 0 Å². The van der Waals surface area contributed by atoms with Crippen LogP contribution in [-0.2, 0) is 4.79 Å². The van der Waals surface area contributed by atoms with Crippen molar-refractivity contribution in [1.29, 1.82) is 0 Å². The molecule has 0 aliphatic carbocycles. The van der Waals surface area contributed by atoms with Crippen molar-refractivity contribution in [2.45, 2.75) is 78.7 Å². The summed E-state index contributed by atoms with van der Waals surface area (Å²) >= 11 is 5.21. The number of carbonyl (C=O) groups excluding carboxylic acids is 1. The Labute approximate surface area is 123 Å². The van der Waals surface area contributed by atoms with Crippen molar-refractivity contribution >= 4 is 23.1 Å². The maximum absolute atomic E-state index is 12.7. The van der Waals surface area contributed by atoms with Crippen LogP contribution in [0.15, 0.2) is 0 Å². The summed E-state index contributed by atoms with van der Waals surface area (Å²) in [5.41, 5.74) is 5.25. The number of amides is 1. The van der Waals surface area contributed by atoms with Crippen LogP contribution < -0.4 is 11.1 Å². The summed E-state index contributed by atoms with van der Waals surface area (Å²) in [5.74, 6) is 0.0315. The maximum atomic E-state index is 12.7. The third-order valence-corrected chi connectivity index (χ3v) is 4.12. The minimum atomic E-state index is -0.653. The SMILES string of the molecule is CCCC(CC)NC(=O)C(CCC)(CCC)C(N)=S. The second-order valence-electron chi connectivity index (χ2n) is 5.31. The normalized spacial score (nSPS) is 13.1. The first kappa shape index (κ1) is 18.4. The summed E-state index contributed by atoms with van der Waals surface area (Å²) < 4.78 is 0. The summed E-state index contributed by atoms with van der Waals surface area (Å²) in [7, 11) is 0. The van der Waals surface area contributed by atoms with Gasteiger partial charge < -0.3 is 11.1 Å². The Bertz CT molecular complexity index is 286. The third kappa shape index (κ3) is 5.09. The summed E-state index contributed by atoms with van der Waals surface area (Å²) in [6, 6.07) is 0.236. The van der Waals surface area contributed by atoms with Crippen LogP contribution in [0.25, 0.3) is 0 Å². The van der Waals surface area contributed by atoms with E-state index < -0.39 is 5.41 Å². The highest BCUT2D eigenvalue weighted by Gasteiger charge is 2.40. The van der Waals surface area contributed by atoms with Crippen LogP contribution in [0.2, 0.25) is 0 Å². The number of hydrogen-bond donors (Lipinski definition) is 2. The fourth-order valence-corrected chi connectivity index (χ4v) is 2.91. The fraction of sp³-hybridized carbons (Fsp3) is 0.867. The van der Waals surface area contributed by atoms with Crippen LogP contribution in [0.1, 0.15) is 72.6 Å². The molecule has 0 rings (SSSR count). The minimum absolute atomic E-state index is 0.0315. The number of nitrogens with two attached hydrogens (primary N) is 1. The van der Waals surface area contributed by atoms with Gasteiger partial charge in [-0.3, -0.25) is 4.79 Å². The molecule has 19 heavy (non-hydrogen) atoms. The van der Waals surface area contributed by atoms with Crippen LogP contribution in [0.3, 0.4) is 0 Å². The zero-order valence-electron chi connectivity index (χ0n) is 12.9. The molecular weight excluding hydrogens is 256 g/mol. The Morgan fingerprint density at radius 3 is 2.00 bits per heavy atom. The molecule has 0 saturated carbocycles. The lowest BCUT2D eigenvalue weighted by Gasteiger charge is -2.33. The molecule has 4 heteroatoms. The number of carbonyl (C=O) groups is 1. The third-order valence-electron chi connectivity index (χ3n) is 3.73. The monoisotopic (exact) mass is 286 g/mol. The Hall–Kier alpha value is -0.640. The standard InChI is InChI=1S/C15H30N2OS/c1-5-9-12(8-4)17-14(18)15(10-6-2,11-7-3)13(16)19/h12H,5-11H2,1-4H3,(H2,16,19)(H,17,18). The van der Waals surface area contributed by atoms with Crippen molar-refractivity contribution in [3.63, 3.8) is 0 Å². The topological polar surface area (TPSA) is 55.1 Å². The quantitative estimate of drug-likeness (QED) is 0.604. The van der Waals surface area contributed by atoms with Gasteiger partial charge in [-0.25, -0.2) is 0 Å². The van der Waals surface area contributed by atoms with Gasteiger partial charge >= 0.3 is 0 Å². The Morgan fingerprint density at radius 1 is 1.16 bits per heavy atom. The lowest BCUT2D eigenvalue weighted by Crippen LogP contribution is -2.51. The van der Waals surface area contributed by atoms with E-state index in [0.717, 1.165) is 44.9 Å². The number of hydrogen-bond acceptors (Lipinski definition) is 2. The molecule has 0 radical (unpaired) electrons. The average Bonchev–Trinajstić information content (AvgIpc) is 2.37. The molecule has 112 valence electrons. The van der Waals surface area contributed by atoms with Crippen molar-refractivity contribution < 1.29 is 4.79 Å². The maximum Gasteiger partial charge on any atom is 0.233 e. The highest BCUT2D eigenvalue weighted by Crippen LogP contribution is 2.31. The summed E-state index contributed by atoms with van der Waals surface area (Å²) in [6.07, 6.45) is 6.33. The van der Waals surface area contributed by atoms with E-state index >= 15 is 0 Å². The predicted octanol–water partition coefficient (Wildman–Crippen LogP) is 3.55. The Balaban J connectivity index is 5.02. The number of thiocarbonyl (C=S) groups is 1. The molecule has 0 saturated heterocycles. The fourth-order valence-electron chi connectivity index (χ4n) is 2.61. The van der Waals surface area contributed by atoms with Gasteiger partial charge in [0.15, 0.2) is 0 Å². The molecule has 1 atom stereocenters. The lowest BCUT2D eigenvalue weighted by molar-refractivity contribution is -0.129. The molecule has 0 heterocycles. The van der Waals surface area contributed by atoms with Gasteiger partial charge in [0.25, 0.3) is 0 Å². The molecule has 0 fully saturated rings. The molecule has 0 aromatic carbocycles. The smallest absolute Gasteiger partial charge is 0.233 e. The molecule has 0 aliphatic heterocycles. The second-order valence-corrected chi connectivity index (χ2v) is 5.75. The predicted molar refractivity (Wildman–Crippen MR) is 86.2 cm³/mol. The van der Waals surface area contributed by atoms with E-state index in [-0.39, 0.29) is 11.9 Å². The average molecular weight is 286 g/mol. The van der Waals surface area contributed by atoms with E-state index in [4.69, 9.17) is 18.0 Å². The molecule has 0 aromatic heterocycles. The molecule has 0 aliphatic rings. The van der Waals surface area contributed by atoms with Gasteiger partial charge in [0.2, 0.25) is 5.91 Å². The highest BCUT2D eigenvalue weighted by atomic mass is 32.1. The van der Waals surface area contributed by atoms with Crippen molar-refractivity contribution in [3.8, 4) is 0 Å². The molecule has 1 unspecified atom stereocenters. The van der Waals surface area contributed by atoms with Crippen LogP contribution in [0, 0.1) is 5.41 Å². The summed E-state index contributed by atoms with van der Waals surface area (Å²) in [4.78, 5) is 13.0. The van der Waals surface area contributed by atoms with E-state index in [1.165, 1.54) is 0 Å².